The summed E-state index contributed by atoms with van der Waals surface area (Å²) in [5, 5.41) is 13.8. The van der Waals surface area contributed by atoms with Gasteiger partial charge in [-0.3, -0.25) is 4.90 Å². The molecule has 1 aromatic rings. The van der Waals surface area contributed by atoms with Crippen LogP contribution in [0.4, 0.5) is 0 Å². The Kier molecular flexibility index (Phi) is 5.16. The third kappa shape index (κ3) is 3.56. The first-order valence-electron chi connectivity index (χ1n) is 6.93. The first-order chi connectivity index (χ1) is 9.30. The molecule has 0 spiro atoms. The van der Waals surface area contributed by atoms with E-state index in [1.165, 1.54) is 0 Å². The number of phenols is 1. The predicted octanol–water partition coefficient (Wildman–Crippen LogP) is 3.91. The average molecular weight is 406 g/mol. The van der Waals surface area contributed by atoms with Crippen molar-refractivity contribution in [1.82, 2.24) is 10.2 Å². The molecule has 20 heavy (non-hydrogen) atoms. The number of nitrogens with zero attached hydrogens (tertiary/aromatic N) is 1. The summed E-state index contributed by atoms with van der Waals surface area (Å²) < 4.78 is 1.85. The topological polar surface area (TPSA) is 35.5 Å². The zero-order valence-electron chi connectivity index (χ0n) is 12.2. The van der Waals surface area contributed by atoms with Crippen LogP contribution >= 0.6 is 31.9 Å². The smallest absolute Gasteiger partial charge is 0.122 e. The van der Waals surface area contributed by atoms with E-state index in [0.29, 0.717) is 5.75 Å². The molecule has 112 valence electrons. The lowest BCUT2D eigenvalue weighted by Gasteiger charge is -2.43. The van der Waals surface area contributed by atoms with E-state index in [1.54, 1.807) is 6.07 Å². The Hall–Kier alpha value is -0.100. The molecule has 0 radical (unpaired) electrons. The molecule has 1 fully saturated rings. The van der Waals surface area contributed by atoms with Crippen LogP contribution in [0.5, 0.6) is 5.75 Å². The van der Waals surface area contributed by atoms with E-state index in [-0.39, 0.29) is 11.5 Å². The number of nitrogens with one attached hydrogen (secondary N) is 1. The van der Waals surface area contributed by atoms with Gasteiger partial charge in [0.2, 0.25) is 0 Å². The fourth-order valence-corrected chi connectivity index (χ4v) is 4.37. The maximum atomic E-state index is 10.4. The lowest BCUT2D eigenvalue weighted by molar-refractivity contribution is 0.0837. The molecule has 1 atom stereocenters. The molecule has 1 aromatic carbocycles. The Morgan fingerprint density at radius 3 is 2.30 bits per heavy atom. The molecule has 0 unspecified atom stereocenters. The van der Waals surface area contributed by atoms with Gasteiger partial charge in [0.05, 0.1) is 0 Å². The predicted molar refractivity (Wildman–Crippen MR) is 90.1 cm³/mol. The Bertz CT molecular complexity index is 456. The van der Waals surface area contributed by atoms with Crippen molar-refractivity contribution in [2.75, 3.05) is 26.2 Å². The first kappa shape index (κ1) is 16.3. The van der Waals surface area contributed by atoms with Gasteiger partial charge in [0.1, 0.15) is 5.75 Å². The Labute approximate surface area is 138 Å². The van der Waals surface area contributed by atoms with Crippen molar-refractivity contribution in [3.05, 3.63) is 26.6 Å². The first-order valence-corrected chi connectivity index (χ1v) is 8.52. The molecule has 2 N–H and O–H groups in total. The van der Waals surface area contributed by atoms with Crippen molar-refractivity contribution >= 4 is 31.9 Å². The third-order valence-electron chi connectivity index (χ3n) is 3.68. The Morgan fingerprint density at radius 2 is 1.80 bits per heavy atom. The fraction of sp³-hybridized carbons (Fsp3) is 0.600. The van der Waals surface area contributed by atoms with Gasteiger partial charge in [-0.25, -0.2) is 0 Å². The number of piperazine rings is 1. The number of aromatic hydroxyl groups is 1. The van der Waals surface area contributed by atoms with Crippen molar-refractivity contribution in [1.29, 1.82) is 0 Å². The normalized spacial score (nSPS) is 19.1. The molecule has 1 heterocycles. The standard InChI is InChI=1S/C15H22Br2N2O/c1-15(2,3)14(19-6-4-18-5-7-19)13-11(17)8-10(16)9-12(13)20/h8-9,14,18,20H,4-7H2,1-3H3/t14-/m1/s1. The van der Waals surface area contributed by atoms with Crippen LogP contribution in [-0.4, -0.2) is 36.2 Å². The second-order valence-electron chi connectivity index (χ2n) is 6.37. The second kappa shape index (κ2) is 6.34. The SMILES string of the molecule is CC(C)(C)[C@@H](c1c(O)cc(Br)cc1Br)N1CCNCC1. The van der Waals surface area contributed by atoms with E-state index in [4.69, 9.17) is 0 Å². The summed E-state index contributed by atoms with van der Waals surface area (Å²) in [5.74, 6) is 0.352. The van der Waals surface area contributed by atoms with Crippen LogP contribution in [0.3, 0.4) is 0 Å². The summed E-state index contributed by atoms with van der Waals surface area (Å²) in [6.45, 7) is 10.7. The highest BCUT2D eigenvalue weighted by molar-refractivity contribution is 9.11. The monoisotopic (exact) mass is 404 g/mol. The molecule has 1 aliphatic rings. The quantitative estimate of drug-likeness (QED) is 0.782. The van der Waals surface area contributed by atoms with Crippen LogP contribution in [0.25, 0.3) is 0 Å². The molecule has 0 aromatic heterocycles. The summed E-state index contributed by atoms with van der Waals surface area (Å²) in [5.41, 5.74) is 1.04. The van der Waals surface area contributed by atoms with E-state index in [2.05, 4.69) is 62.8 Å². The van der Waals surface area contributed by atoms with E-state index in [9.17, 15) is 5.11 Å². The zero-order valence-corrected chi connectivity index (χ0v) is 15.4. The van der Waals surface area contributed by atoms with Crippen molar-refractivity contribution in [3.63, 3.8) is 0 Å². The molecule has 2 rings (SSSR count). The molecular weight excluding hydrogens is 384 g/mol. The van der Waals surface area contributed by atoms with Gasteiger partial charge < -0.3 is 10.4 Å². The summed E-state index contributed by atoms with van der Waals surface area (Å²) in [6, 6.07) is 3.98. The third-order valence-corrected chi connectivity index (χ3v) is 4.80. The minimum Gasteiger partial charge on any atom is -0.508 e. The van der Waals surface area contributed by atoms with E-state index in [0.717, 1.165) is 40.7 Å². The lowest BCUT2D eigenvalue weighted by Crippen LogP contribution is -2.48. The fourth-order valence-electron chi connectivity index (χ4n) is 2.95. The molecular formula is C15H22Br2N2O. The van der Waals surface area contributed by atoms with Crippen LogP contribution in [0.2, 0.25) is 0 Å². The molecule has 5 heteroatoms. The van der Waals surface area contributed by atoms with Gasteiger partial charge in [0, 0.05) is 46.7 Å². The van der Waals surface area contributed by atoms with Gasteiger partial charge >= 0.3 is 0 Å². The zero-order chi connectivity index (χ0) is 14.9. The van der Waals surface area contributed by atoms with Crippen molar-refractivity contribution in [3.8, 4) is 5.75 Å². The summed E-state index contributed by atoms with van der Waals surface area (Å²) in [4.78, 5) is 2.46. The number of hydrogen-bond donors (Lipinski definition) is 2. The van der Waals surface area contributed by atoms with E-state index < -0.39 is 0 Å². The Morgan fingerprint density at radius 1 is 1.20 bits per heavy atom. The second-order valence-corrected chi connectivity index (χ2v) is 8.14. The van der Waals surface area contributed by atoms with E-state index in [1.807, 2.05) is 6.07 Å². The summed E-state index contributed by atoms with van der Waals surface area (Å²) >= 11 is 7.05. The molecule has 1 aliphatic heterocycles. The minimum absolute atomic E-state index is 0.0468. The molecule has 1 saturated heterocycles. The number of halogens is 2. The van der Waals surface area contributed by atoms with Gasteiger partial charge in [-0.1, -0.05) is 52.6 Å². The van der Waals surface area contributed by atoms with Gasteiger partial charge in [0.25, 0.3) is 0 Å². The van der Waals surface area contributed by atoms with Crippen LogP contribution < -0.4 is 5.32 Å². The molecule has 3 nitrogen and oxygen atoms in total. The number of benzene rings is 1. The van der Waals surface area contributed by atoms with Crippen molar-refractivity contribution in [2.45, 2.75) is 26.8 Å². The van der Waals surface area contributed by atoms with Crippen LogP contribution in [-0.2, 0) is 0 Å². The number of hydrogen-bond acceptors (Lipinski definition) is 3. The molecule has 0 bridgehead atoms. The van der Waals surface area contributed by atoms with Gasteiger partial charge in [-0.05, 0) is 17.5 Å². The van der Waals surface area contributed by atoms with Gasteiger partial charge in [0.15, 0.2) is 0 Å². The highest BCUT2D eigenvalue weighted by atomic mass is 79.9. The van der Waals surface area contributed by atoms with E-state index >= 15 is 0 Å². The maximum Gasteiger partial charge on any atom is 0.122 e. The summed E-state index contributed by atoms with van der Waals surface area (Å²) in [6.07, 6.45) is 0. The number of rotatable bonds is 2. The highest BCUT2D eigenvalue weighted by Crippen LogP contribution is 2.45. The molecule has 0 aliphatic carbocycles. The average Bonchev–Trinajstić information content (AvgIpc) is 2.33. The number of phenolic OH excluding ortho intramolecular Hbond substituents is 1. The molecule has 0 saturated carbocycles. The maximum absolute atomic E-state index is 10.4. The Balaban J connectivity index is 2.46. The van der Waals surface area contributed by atoms with Crippen molar-refractivity contribution < 1.29 is 5.11 Å². The lowest BCUT2D eigenvalue weighted by atomic mass is 9.80. The van der Waals surface area contributed by atoms with Crippen LogP contribution in [0.15, 0.2) is 21.1 Å². The van der Waals surface area contributed by atoms with Gasteiger partial charge in [-0.2, -0.15) is 0 Å². The largest absolute Gasteiger partial charge is 0.508 e. The summed E-state index contributed by atoms with van der Waals surface area (Å²) in [7, 11) is 0. The van der Waals surface area contributed by atoms with Crippen LogP contribution in [0, 0.1) is 5.41 Å². The minimum atomic E-state index is 0.0468. The molecule has 0 amide bonds. The van der Waals surface area contributed by atoms with Crippen LogP contribution in [0.1, 0.15) is 32.4 Å². The van der Waals surface area contributed by atoms with Gasteiger partial charge in [-0.15, -0.1) is 0 Å². The van der Waals surface area contributed by atoms with Crippen molar-refractivity contribution in [2.24, 2.45) is 5.41 Å². The highest BCUT2D eigenvalue weighted by Gasteiger charge is 2.35.